The van der Waals surface area contributed by atoms with Gasteiger partial charge in [0, 0.05) is 44.7 Å². The Bertz CT molecular complexity index is 485. The molecule has 3 rings (SSSR count). The van der Waals surface area contributed by atoms with Gasteiger partial charge in [0.25, 0.3) is 0 Å². The second-order valence-electron chi connectivity index (χ2n) is 7.03. The van der Waals surface area contributed by atoms with Crippen LogP contribution in [-0.2, 0) is 14.3 Å². The minimum atomic E-state index is -0.916. The SMILES string of the molecule is CCO[C@H]1C[C@@H](O)C12CCN(C(=O)C1(C#N)CCOCC1)CC2. The molecule has 0 unspecified atom stereocenters. The maximum atomic E-state index is 12.9. The monoisotopic (exact) mass is 322 g/mol. The van der Waals surface area contributed by atoms with Gasteiger partial charge in [-0.1, -0.05) is 0 Å². The van der Waals surface area contributed by atoms with Crippen LogP contribution in [0, 0.1) is 22.2 Å². The standard InChI is InChI=1S/C17H26N2O4/c1-2-23-14-11-13(20)17(14)3-7-19(8-4-17)15(21)16(12-18)5-9-22-10-6-16/h13-14,20H,2-11H2,1H3/t13-,14+/m1/s1. The van der Waals surface area contributed by atoms with Crippen LogP contribution in [0.15, 0.2) is 0 Å². The van der Waals surface area contributed by atoms with E-state index < -0.39 is 5.41 Å². The third kappa shape index (κ3) is 2.65. The van der Waals surface area contributed by atoms with Gasteiger partial charge in [0.1, 0.15) is 5.41 Å². The maximum Gasteiger partial charge on any atom is 0.243 e. The van der Waals surface area contributed by atoms with Crippen LogP contribution in [0.1, 0.15) is 39.0 Å². The van der Waals surface area contributed by atoms with Gasteiger partial charge in [-0.15, -0.1) is 0 Å². The van der Waals surface area contributed by atoms with Crippen molar-refractivity contribution in [2.45, 2.75) is 51.2 Å². The van der Waals surface area contributed by atoms with Crippen LogP contribution in [0.3, 0.4) is 0 Å². The van der Waals surface area contributed by atoms with Crippen LogP contribution < -0.4 is 0 Å². The summed E-state index contributed by atoms with van der Waals surface area (Å²) < 4.78 is 11.1. The van der Waals surface area contributed by atoms with Gasteiger partial charge >= 0.3 is 0 Å². The topological polar surface area (TPSA) is 82.8 Å². The first kappa shape index (κ1) is 16.7. The molecule has 2 aliphatic heterocycles. The minimum Gasteiger partial charge on any atom is -0.392 e. The third-order valence-corrected chi connectivity index (χ3v) is 6.06. The van der Waals surface area contributed by atoms with E-state index in [0.29, 0.717) is 52.2 Å². The molecule has 0 aromatic carbocycles. The highest BCUT2D eigenvalue weighted by Crippen LogP contribution is 2.51. The summed E-state index contributed by atoms with van der Waals surface area (Å²) in [7, 11) is 0. The van der Waals surface area contributed by atoms with Crippen LogP contribution in [0.2, 0.25) is 0 Å². The molecule has 1 spiro atoms. The van der Waals surface area contributed by atoms with Gasteiger partial charge in [-0.25, -0.2) is 0 Å². The summed E-state index contributed by atoms with van der Waals surface area (Å²) in [5, 5.41) is 19.8. The van der Waals surface area contributed by atoms with Crippen LogP contribution in [0.25, 0.3) is 0 Å². The zero-order chi connectivity index (χ0) is 16.5. The number of piperidine rings is 1. The van der Waals surface area contributed by atoms with E-state index in [1.807, 2.05) is 11.8 Å². The van der Waals surface area contributed by atoms with E-state index in [2.05, 4.69) is 6.07 Å². The number of aliphatic hydroxyl groups is 1. The zero-order valence-electron chi connectivity index (χ0n) is 13.8. The highest BCUT2D eigenvalue weighted by atomic mass is 16.5. The molecule has 0 aromatic heterocycles. The van der Waals surface area contributed by atoms with Crippen molar-refractivity contribution >= 4 is 5.91 Å². The van der Waals surface area contributed by atoms with E-state index in [0.717, 1.165) is 12.8 Å². The number of nitriles is 1. The molecule has 1 aliphatic carbocycles. The lowest BCUT2D eigenvalue weighted by atomic mass is 9.58. The summed E-state index contributed by atoms with van der Waals surface area (Å²) in [5.41, 5.74) is -1.11. The lowest BCUT2D eigenvalue weighted by Crippen LogP contribution is -2.63. The Labute approximate surface area is 137 Å². The zero-order valence-corrected chi connectivity index (χ0v) is 13.8. The Morgan fingerprint density at radius 2 is 2.00 bits per heavy atom. The summed E-state index contributed by atoms with van der Waals surface area (Å²) in [6.07, 6.45) is 2.94. The van der Waals surface area contributed by atoms with Crippen molar-refractivity contribution in [3.63, 3.8) is 0 Å². The average Bonchev–Trinajstić information content (AvgIpc) is 2.61. The van der Waals surface area contributed by atoms with Crippen molar-refractivity contribution in [1.29, 1.82) is 5.26 Å². The molecule has 2 atom stereocenters. The highest BCUT2D eigenvalue weighted by molar-refractivity contribution is 5.85. The molecule has 3 fully saturated rings. The molecule has 6 nitrogen and oxygen atoms in total. The van der Waals surface area contributed by atoms with Gasteiger partial charge in [-0.3, -0.25) is 4.79 Å². The third-order valence-electron chi connectivity index (χ3n) is 6.06. The van der Waals surface area contributed by atoms with Gasteiger partial charge in [0.05, 0.1) is 18.3 Å². The number of likely N-dealkylation sites (tertiary alicyclic amines) is 1. The predicted octanol–water partition coefficient (Wildman–Crippen LogP) is 1.09. The van der Waals surface area contributed by atoms with E-state index in [9.17, 15) is 15.2 Å². The van der Waals surface area contributed by atoms with E-state index in [-0.39, 0.29) is 23.5 Å². The first-order valence-corrected chi connectivity index (χ1v) is 8.66. The molecular formula is C17H26N2O4. The van der Waals surface area contributed by atoms with E-state index in [4.69, 9.17) is 9.47 Å². The lowest BCUT2D eigenvalue weighted by molar-refractivity contribution is -0.211. The Morgan fingerprint density at radius 1 is 1.35 bits per heavy atom. The molecule has 6 heteroatoms. The molecule has 1 N–H and O–H groups in total. The lowest BCUT2D eigenvalue weighted by Gasteiger charge is -2.57. The van der Waals surface area contributed by atoms with Crippen molar-refractivity contribution in [2.75, 3.05) is 32.9 Å². The van der Waals surface area contributed by atoms with Crippen molar-refractivity contribution in [2.24, 2.45) is 10.8 Å². The summed E-state index contributed by atoms with van der Waals surface area (Å²) in [6.45, 7) is 4.77. The number of amides is 1. The second kappa shape index (κ2) is 6.39. The molecule has 1 amide bonds. The fraction of sp³-hybridized carbons (Fsp3) is 0.882. The van der Waals surface area contributed by atoms with E-state index in [1.165, 1.54) is 0 Å². The minimum absolute atomic E-state index is 0.0556. The number of hydrogen-bond donors (Lipinski definition) is 1. The first-order chi connectivity index (χ1) is 11.1. The van der Waals surface area contributed by atoms with Gasteiger partial charge < -0.3 is 19.5 Å². The number of rotatable bonds is 3. The van der Waals surface area contributed by atoms with Gasteiger partial charge in [-0.05, 0) is 32.6 Å². The predicted molar refractivity (Wildman–Crippen MR) is 82.4 cm³/mol. The van der Waals surface area contributed by atoms with Crippen LogP contribution in [0.4, 0.5) is 0 Å². The number of ether oxygens (including phenoxy) is 2. The summed E-state index contributed by atoms with van der Waals surface area (Å²) >= 11 is 0. The maximum absolute atomic E-state index is 12.9. The molecule has 0 aromatic rings. The fourth-order valence-corrected chi connectivity index (χ4v) is 4.34. The summed E-state index contributed by atoms with van der Waals surface area (Å²) in [6, 6.07) is 2.26. The van der Waals surface area contributed by atoms with Crippen molar-refractivity contribution in [3.05, 3.63) is 0 Å². The smallest absolute Gasteiger partial charge is 0.243 e. The largest absolute Gasteiger partial charge is 0.392 e. The average molecular weight is 322 g/mol. The van der Waals surface area contributed by atoms with Gasteiger partial charge in [-0.2, -0.15) is 5.26 Å². The Balaban J connectivity index is 1.64. The second-order valence-corrected chi connectivity index (χ2v) is 7.03. The molecular weight excluding hydrogens is 296 g/mol. The Morgan fingerprint density at radius 3 is 2.52 bits per heavy atom. The van der Waals surface area contributed by atoms with Crippen molar-refractivity contribution in [3.8, 4) is 6.07 Å². The van der Waals surface area contributed by atoms with Crippen molar-refractivity contribution in [1.82, 2.24) is 4.90 Å². The van der Waals surface area contributed by atoms with Gasteiger partial charge in [0.2, 0.25) is 5.91 Å². The normalized spacial score (nSPS) is 32.1. The molecule has 2 saturated heterocycles. The number of hydrogen-bond acceptors (Lipinski definition) is 5. The van der Waals surface area contributed by atoms with Crippen LogP contribution in [0.5, 0.6) is 0 Å². The Hall–Kier alpha value is -1.16. The molecule has 0 radical (unpaired) electrons. The van der Waals surface area contributed by atoms with Crippen molar-refractivity contribution < 1.29 is 19.4 Å². The van der Waals surface area contributed by atoms with Gasteiger partial charge in [0.15, 0.2) is 0 Å². The van der Waals surface area contributed by atoms with Crippen LogP contribution >= 0.6 is 0 Å². The molecule has 23 heavy (non-hydrogen) atoms. The number of nitrogens with zero attached hydrogens (tertiary/aromatic N) is 2. The van der Waals surface area contributed by atoms with E-state index in [1.54, 1.807) is 0 Å². The molecule has 1 saturated carbocycles. The molecule has 128 valence electrons. The number of aliphatic hydroxyl groups excluding tert-OH is 1. The van der Waals surface area contributed by atoms with Crippen LogP contribution in [-0.4, -0.2) is 61.0 Å². The van der Waals surface area contributed by atoms with E-state index >= 15 is 0 Å². The Kier molecular flexibility index (Phi) is 4.63. The molecule has 2 heterocycles. The molecule has 0 bridgehead atoms. The number of carbonyl (C=O) groups is 1. The number of carbonyl (C=O) groups excluding carboxylic acids is 1. The molecule has 3 aliphatic rings. The first-order valence-electron chi connectivity index (χ1n) is 8.66. The highest BCUT2D eigenvalue weighted by Gasteiger charge is 2.57. The summed E-state index contributed by atoms with van der Waals surface area (Å²) in [4.78, 5) is 14.7. The fourth-order valence-electron chi connectivity index (χ4n) is 4.34. The quantitative estimate of drug-likeness (QED) is 0.841. The summed E-state index contributed by atoms with van der Waals surface area (Å²) in [5.74, 6) is -0.0556.